The normalized spacial score (nSPS) is 14.7. The fourth-order valence-electron chi connectivity index (χ4n) is 1.49. The van der Waals surface area contributed by atoms with Crippen molar-refractivity contribution in [1.82, 2.24) is 10.6 Å². The van der Waals surface area contributed by atoms with Crippen molar-refractivity contribution in [3.63, 3.8) is 0 Å². The summed E-state index contributed by atoms with van der Waals surface area (Å²) in [6.07, 6.45) is 0. The molecule has 0 aliphatic carbocycles. The molecule has 0 atom stereocenters. The van der Waals surface area contributed by atoms with Gasteiger partial charge in [0.15, 0.2) is 0 Å². The van der Waals surface area contributed by atoms with E-state index in [4.69, 9.17) is 4.74 Å². The number of amides is 2. The molecule has 1 aromatic carbocycles. The van der Waals surface area contributed by atoms with Crippen molar-refractivity contribution in [1.29, 1.82) is 0 Å². The molecular weight excluding hydrogens is 239 g/mol. The van der Waals surface area contributed by atoms with Crippen molar-refractivity contribution in [3.05, 3.63) is 35.6 Å². The summed E-state index contributed by atoms with van der Waals surface area (Å²) < 4.78 is 17.8. The highest BCUT2D eigenvalue weighted by Gasteiger charge is 2.20. The molecule has 96 valence electrons. The highest BCUT2D eigenvalue weighted by molar-refractivity contribution is 5.96. The molecule has 18 heavy (non-hydrogen) atoms. The van der Waals surface area contributed by atoms with Gasteiger partial charge in [-0.2, -0.15) is 0 Å². The lowest BCUT2D eigenvalue weighted by molar-refractivity contribution is -0.124. The van der Waals surface area contributed by atoms with Gasteiger partial charge in [-0.05, 0) is 18.2 Å². The Morgan fingerprint density at radius 1 is 1.39 bits per heavy atom. The van der Waals surface area contributed by atoms with Crippen LogP contribution in [0.25, 0.3) is 0 Å². The summed E-state index contributed by atoms with van der Waals surface area (Å²) >= 11 is 0. The van der Waals surface area contributed by atoms with E-state index in [-0.39, 0.29) is 24.1 Å². The van der Waals surface area contributed by atoms with E-state index in [1.807, 2.05) is 0 Å². The van der Waals surface area contributed by atoms with Crippen LogP contribution in [-0.4, -0.2) is 37.6 Å². The average Bonchev–Trinajstić information content (AvgIpc) is 2.31. The molecule has 2 rings (SSSR count). The van der Waals surface area contributed by atoms with Crippen LogP contribution in [0, 0.1) is 5.82 Å². The third-order valence-corrected chi connectivity index (χ3v) is 2.50. The smallest absolute Gasteiger partial charge is 0.251 e. The topological polar surface area (TPSA) is 67.4 Å². The fourth-order valence-corrected chi connectivity index (χ4v) is 1.49. The Bertz CT molecular complexity index is 460. The number of hydrogen-bond acceptors (Lipinski definition) is 3. The molecule has 0 bridgehead atoms. The van der Waals surface area contributed by atoms with E-state index in [2.05, 4.69) is 10.6 Å². The molecule has 0 spiro atoms. The molecule has 1 saturated heterocycles. The molecule has 2 N–H and O–H groups in total. The molecule has 0 saturated carbocycles. The Morgan fingerprint density at radius 2 is 2.17 bits per heavy atom. The lowest BCUT2D eigenvalue weighted by Crippen LogP contribution is -2.51. The monoisotopic (exact) mass is 252 g/mol. The molecule has 1 aliphatic rings. The zero-order chi connectivity index (χ0) is 13.0. The zero-order valence-electron chi connectivity index (χ0n) is 9.61. The Balaban J connectivity index is 1.78. The third-order valence-electron chi connectivity index (χ3n) is 2.50. The predicted octanol–water partition coefficient (Wildman–Crippen LogP) is 0.0705. The summed E-state index contributed by atoms with van der Waals surface area (Å²) in [4.78, 5) is 23.0. The molecule has 1 aromatic rings. The van der Waals surface area contributed by atoms with E-state index in [0.717, 1.165) is 6.07 Å². The second kappa shape index (κ2) is 5.59. The first-order chi connectivity index (χ1) is 8.65. The quantitative estimate of drug-likeness (QED) is 0.797. The van der Waals surface area contributed by atoms with E-state index >= 15 is 0 Å². The van der Waals surface area contributed by atoms with E-state index in [9.17, 15) is 14.0 Å². The average molecular weight is 252 g/mol. The molecule has 6 heteroatoms. The molecule has 1 heterocycles. The van der Waals surface area contributed by atoms with Gasteiger partial charge in [-0.25, -0.2) is 4.39 Å². The lowest BCUT2D eigenvalue weighted by atomic mass is 10.2. The maximum atomic E-state index is 12.9. The summed E-state index contributed by atoms with van der Waals surface area (Å²) in [7, 11) is 0. The van der Waals surface area contributed by atoms with Crippen LogP contribution in [0.2, 0.25) is 0 Å². The highest BCUT2D eigenvalue weighted by atomic mass is 19.1. The van der Waals surface area contributed by atoms with E-state index in [0.29, 0.717) is 13.2 Å². The van der Waals surface area contributed by atoms with Crippen LogP contribution in [0.1, 0.15) is 10.4 Å². The van der Waals surface area contributed by atoms with Crippen molar-refractivity contribution in [3.8, 4) is 0 Å². The van der Waals surface area contributed by atoms with Gasteiger partial charge in [0.25, 0.3) is 5.91 Å². The molecule has 0 radical (unpaired) electrons. The van der Waals surface area contributed by atoms with Gasteiger partial charge in [0.05, 0.1) is 25.8 Å². The van der Waals surface area contributed by atoms with Crippen LogP contribution in [0.5, 0.6) is 0 Å². The standard InChI is InChI=1S/C12H13FN2O3/c13-9-3-1-2-8(4-9)12(17)14-5-11(16)15-10-6-18-7-10/h1-4,10H,5-7H2,(H,14,17)(H,15,16). The third kappa shape index (κ3) is 3.27. The largest absolute Gasteiger partial charge is 0.377 e. The Hall–Kier alpha value is -1.95. The van der Waals surface area contributed by atoms with Gasteiger partial charge in [-0.15, -0.1) is 0 Å². The van der Waals surface area contributed by atoms with Crippen LogP contribution in [0.4, 0.5) is 4.39 Å². The molecular formula is C12H13FN2O3. The number of rotatable bonds is 4. The van der Waals surface area contributed by atoms with Crippen molar-refractivity contribution in [2.75, 3.05) is 19.8 Å². The molecule has 5 nitrogen and oxygen atoms in total. The van der Waals surface area contributed by atoms with Gasteiger partial charge in [-0.3, -0.25) is 9.59 Å². The number of hydrogen-bond donors (Lipinski definition) is 2. The minimum absolute atomic E-state index is 0.0311. The fraction of sp³-hybridized carbons (Fsp3) is 0.333. The van der Waals surface area contributed by atoms with Crippen molar-refractivity contribution in [2.24, 2.45) is 0 Å². The van der Waals surface area contributed by atoms with Gasteiger partial charge in [0.1, 0.15) is 5.82 Å². The zero-order valence-corrected chi connectivity index (χ0v) is 9.61. The number of carbonyl (C=O) groups is 2. The van der Waals surface area contributed by atoms with Gasteiger partial charge < -0.3 is 15.4 Å². The van der Waals surface area contributed by atoms with Crippen LogP contribution < -0.4 is 10.6 Å². The maximum Gasteiger partial charge on any atom is 0.251 e. The van der Waals surface area contributed by atoms with Crippen molar-refractivity contribution >= 4 is 11.8 Å². The van der Waals surface area contributed by atoms with Crippen LogP contribution in [0.15, 0.2) is 24.3 Å². The number of halogens is 1. The maximum absolute atomic E-state index is 12.9. The van der Waals surface area contributed by atoms with E-state index in [1.165, 1.54) is 18.2 Å². The predicted molar refractivity (Wildman–Crippen MR) is 61.5 cm³/mol. The number of carbonyl (C=O) groups excluding carboxylic acids is 2. The number of benzene rings is 1. The van der Waals surface area contributed by atoms with Crippen LogP contribution >= 0.6 is 0 Å². The van der Waals surface area contributed by atoms with Gasteiger partial charge in [0.2, 0.25) is 5.91 Å². The lowest BCUT2D eigenvalue weighted by Gasteiger charge is -2.26. The summed E-state index contributed by atoms with van der Waals surface area (Å²) in [6.45, 7) is 0.874. The molecule has 0 unspecified atom stereocenters. The highest BCUT2D eigenvalue weighted by Crippen LogP contribution is 2.03. The van der Waals surface area contributed by atoms with Crippen molar-refractivity contribution in [2.45, 2.75) is 6.04 Å². The first kappa shape index (κ1) is 12.5. The summed E-state index contributed by atoms with van der Waals surface area (Å²) in [6, 6.07) is 5.32. The second-order valence-electron chi connectivity index (χ2n) is 3.99. The Kier molecular flexibility index (Phi) is 3.88. The van der Waals surface area contributed by atoms with Gasteiger partial charge in [-0.1, -0.05) is 6.07 Å². The van der Waals surface area contributed by atoms with Gasteiger partial charge in [0, 0.05) is 5.56 Å². The first-order valence-corrected chi connectivity index (χ1v) is 5.56. The van der Waals surface area contributed by atoms with Crippen LogP contribution in [-0.2, 0) is 9.53 Å². The molecule has 0 aromatic heterocycles. The number of ether oxygens (including phenoxy) is 1. The SMILES string of the molecule is O=C(CNC(=O)c1cccc(F)c1)NC1COC1. The Morgan fingerprint density at radius 3 is 2.78 bits per heavy atom. The molecule has 1 aliphatic heterocycles. The minimum atomic E-state index is -0.487. The molecule has 1 fully saturated rings. The summed E-state index contributed by atoms with van der Waals surface area (Å²) in [5.74, 6) is -1.25. The second-order valence-corrected chi connectivity index (χ2v) is 3.99. The first-order valence-electron chi connectivity index (χ1n) is 5.56. The Labute approximate surface area is 103 Å². The minimum Gasteiger partial charge on any atom is -0.377 e. The van der Waals surface area contributed by atoms with Crippen LogP contribution in [0.3, 0.4) is 0 Å². The van der Waals surface area contributed by atoms with Gasteiger partial charge >= 0.3 is 0 Å². The summed E-state index contributed by atoms with van der Waals surface area (Å²) in [5.41, 5.74) is 0.190. The van der Waals surface area contributed by atoms with E-state index < -0.39 is 11.7 Å². The summed E-state index contributed by atoms with van der Waals surface area (Å²) in [5, 5.41) is 5.10. The van der Waals surface area contributed by atoms with Crippen molar-refractivity contribution < 1.29 is 18.7 Å². The number of nitrogens with one attached hydrogen (secondary N) is 2. The van der Waals surface area contributed by atoms with E-state index in [1.54, 1.807) is 0 Å². The molecule has 2 amide bonds.